The summed E-state index contributed by atoms with van der Waals surface area (Å²) in [5.74, 6) is -1.64. The van der Waals surface area contributed by atoms with Crippen molar-refractivity contribution in [3.63, 3.8) is 0 Å². The first-order valence-electron chi connectivity index (χ1n) is 6.80. The van der Waals surface area contributed by atoms with E-state index < -0.39 is 23.2 Å². The zero-order valence-electron chi connectivity index (χ0n) is 12.5. The summed E-state index contributed by atoms with van der Waals surface area (Å²) >= 11 is 0.671. The Morgan fingerprint density at radius 2 is 2.09 bits per heavy atom. The molecule has 7 nitrogen and oxygen atoms in total. The van der Waals surface area contributed by atoms with Gasteiger partial charge < -0.3 is 14.9 Å². The molecule has 1 aromatic rings. The van der Waals surface area contributed by atoms with Gasteiger partial charge in [-0.3, -0.25) is 14.5 Å². The summed E-state index contributed by atoms with van der Waals surface area (Å²) in [6, 6.07) is 2.85. The molecule has 1 fully saturated rings. The van der Waals surface area contributed by atoms with Crippen molar-refractivity contribution in [2.24, 2.45) is 0 Å². The maximum absolute atomic E-state index is 12.3. The van der Waals surface area contributed by atoms with Gasteiger partial charge in [0.1, 0.15) is 17.5 Å². The van der Waals surface area contributed by atoms with Gasteiger partial charge in [0, 0.05) is 11.6 Å². The van der Waals surface area contributed by atoms with Crippen molar-refractivity contribution in [2.45, 2.75) is 19.9 Å². The highest BCUT2D eigenvalue weighted by molar-refractivity contribution is 8.18. The van der Waals surface area contributed by atoms with Crippen molar-refractivity contribution in [1.29, 1.82) is 0 Å². The largest absolute Gasteiger partial charge is 0.508 e. The molecule has 1 saturated heterocycles. The number of aromatic hydroxyl groups is 2. The molecule has 1 aliphatic rings. The number of hydrogen-bond acceptors (Lipinski definition) is 7. The van der Waals surface area contributed by atoms with Crippen LogP contribution in [0.15, 0.2) is 23.1 Å². The van der Waals surface area contributed by atoms with Crippen LogP contribution in [0, 0.1) is 0 Å². The van der Waals surface area contributed by atoms with Crippen LogP contribution in [0.4, 0.5) is 4.79 Å². The Kier molecular flexibility index (Phi) is 4.95. The molecule has 23 heavy (non-hydrogen) atoms. The van der Waals surface area contributed by atoms with Crippen LogP contribution in [0.3, 0.4) is 0 Å². The lowest BCUT2D eigenvalue weighted by Gasteiger charge is -2.19. The number of benzene rings is 1. The first-order valence-corrected chi connectivity index (χ1v) is 7.62. The van der Waals surface area contributed by atoms with Crippen molar-refractivity contribution in [3.8, 4) is 11.5 Å². The third-order valence-electron chi connectivity index (χ3n) is 3.14. The highest BCUT2D eigenvalue weighted by Crippen LogP contribution is 2.35. The molecule has 2 N–H and O–H groups in total. The number of amides is 2. The number of phenols is 2. The lowest BCUT2D eigenvalue weighted by molar-refractivity contribution is -0.150. The smallest absolute Gasteiger partial charge is 0.329 e. The fourth-order valence-corrected chi connectivity index (χ4v) is 2.88. The van der Waals surface area contributed by atoms with Crippen molar-refractivity contribution >= 4 is 35.0 Å². The number of rotatable bonds is 4. The van der Waals surface area contributed by atoms with Crippen LogP contribution in [0.25, 0.3) is 6.08 Å². The monoisotopic (exact) mass is 337 g/mol. The van der Waals surface area contributed by atoms with Gasteiger partial charge in [-0.2, -0.15) is 0 Å². The van der Waals surface area contributed by atoms with Crippen LogP contribution in [0.5, 0.6) is 11.5 Å². The number of hydrogen-bond donors (Lipinski definition) is 2. The number of esters is 1. The zero-order valence-corrected chi connectivity index (χ0v) is 13.3. The molecule has 1 aromatic carbocycles. The van der Waals surface area contributed by atoms with E-state index in [0.717, 1.165) is 11.0 Å². The van der Waals surface area contributed by atoms with Crippen molar-refractivity contribution in [2.75, 3.05) is 6.61 Å². The molecular weight excluding hydrogens is 322 g/mol. The number of phenolic OH excluding ortho intramolecular Hbond substituents is 2. The van der Waals surface area contributed by atoms with Gasteiger partial charge in [-0.05, 0) is 43.8 Å². The average molecular weight is 337 g/mol. The molecule has 0 bridgehead atoms. The summed E-state index contributed by atoms with van der Waals surface area (Å²) in [4.78, 5) is 36.9. The van der Waals surface area contributed by atoms with E-state index in [9.17, 15) is 24.6 Å². The summed E-state index contributed by atoms with van der Waals surface area (Å²) in [6.45, 7) is 3.19. The summed E-state index contributed by atoms with van der Waals surface area (Å²) in [5, 5.41) is 18.4. The number of ether oxygens (including phenoxy) is 1. The van der Waals surface area contributed by atoms with Gasteiger partial charge >= 0.3 is 5.97 Å². The molecule has 0 aliphatic carbocycles. The average Bonchev–Trinajstić information content (AvgIpc) is 2.76. The molecule has 0 saturated carbocycles. The standard InChI is InChI=1S/C15H15NO6S/c1-3-22-14(20)8(2)16-13(19)12(23-15(16)21)6-9-4-5-10(17)7-11(9)18/h4-8,17-18H,3H2,1-2H3/b12-6+/t8-/m0/s1. The third kappa shape index (κ3) is 3.48. The van der Waals surface area contributed by atoms with Crippen molar-refractivity contribution in [1.82, 2.24) is 4.90 Å². The quantitative estimate of drug-likeness (QED) is 0.640. The first-order chi connectivity index (χ1) is 10.8. The summed E-state index contributed by atoms with van der Waals surface area (Å²) in [6.07, 6.45) is 1.33. The minimum atomic E-state index is -1.03. The topological polar surface area (TPSA) is 104 Å². The molecule has 2 rings (SSSR count). The van der Waals surface area contributed by atoms with Gasteiger partial charge in [-0.15, -0.1) is 0 Å². The highest BCUT2D eigenvalue weighted by Gasteiger charge is 2.41. The number of carbonyl (C=O) groups excluding carboxylic acids is 3. The van der Waals surface area contributed by atoms with Crippen LogP contribution in [0.1, 0.15) is 19.4 Å². The van der Waals surface area contributed by atoms with Gasteiger partial charge in [0.25, 0.3) is 11.1 Å². The molecular formula is C15H15NO6S. The summed E-state index contributed by atoms with van der Waals surface area (Å²) in [7, 11) is 0. The first kappa shape index (κ1) is 16.9. The molecule has 1 atom stereocenters. The Morgan fingerprint density at radius 3 is 2.70 bits per heavy atom. The molecule has 0 aromatic heterocycles. The second kappa shape index (κ2) is 6.74. The fraction of sp³-hybridized carbons (Fsp3) is 0.267. The lowest BCUT2D eigenvalue weighted by Crippen LogP contribution is -2.42. The zero-order chi connectivity index (χ0) is 17.1. The maximum Gasteiger partial charge on any atom is 0.329 e. The number of nitrogens with zero attached hydrogens (tertiary/aromatic N) is 1. The van der Waals surface area contributed by atoms with E-state index in [1.54, 1.807) is 6.92 Å². The van der Waals surface area contributed by atoms with Gasteiger partial charge in [0.2, 0.25) is 0 Å². The van der Waals surface area contributed by atoms with E-state index in [0.29, 0.717) is 11.8 Å². The molecule has 0 unspecified atom stereocenters. The number of imide groups is 1. The van der Waals surface area contributed by atoms with Gasteiger partial charge in [0.15, 0.2) is 0 Å². The second-order valence-corrected chi connectivity index (χ2v) is 5.72. The molecule has 122 valence electrons. The van der Waals surface area contributed by atoms with Crippen LogP contribution in [-0.2, 0) is 14.3 Å². The highest BCUT2D eigenvalue weighted by atomic mass is 32.2. The lowest BCUT2D eigenvalue weighted by atomic mass is 10.1. The predicted octanol–water partition coefficient (Wildman–Crippen LogP) is 2.09. The maximum atomic E-state index is 12.3. The molecule has 2 amide bonds. The van der Waals surface area contributed by atoms with Gasteiger partial charge in [-0.1, -0.05) is 0 Å². The van der Waals surface area contributed by atoms with Crippen molar-refractivity contribution in [3.05, 3.63) is 28.7 Å². The molecule has 0 radical (unpaired) electrons. The third-order valence-corrected chi connectivity index (χ3v) is 4.02. The summed E-state index contributed by atoms with van der Waals surface area (Å²) < 4.78 is 4.82. The van der Waals surface area contributed by atoms with E-state index >= 15 is 0 Å². The van der Waals surface area contributed by atoms with Crippen LogP contribution in [-0.4, -0.2) is 44.9 Å². The Morgan fingerprint density at radius 1 is 1.39 bits per heavy atom. The Bertz CT molecular complexity index is 699. The van der Waals surface area contributed by atoms with E-state index in [1.165, 1.54) is 25.1 Å². The van der Waals surface area contributed by atoms with E-state index in [1.807, 2.05) is 0 Å². The van der Waals surface area contributed by atoms with Crippen LogP contribution >= 0.6 is 11.8 Å². The normalized spacial score (nSPS) is 17.7. The number of thioether (sulfide) groups is 1. The molecule has 0 spiro atoms. The molecule has 8 heteroatoms. The Hall–Kier alpha value is -2.48. The number of carbonyl (C=O) groups is 3. The fourth-order valence-electron chi connectivity index (χ4n) is 1.98. The second-order valence-electron chi connectivity index (χ2n) is 4.72. The Labute approximate surface area is 136 Å². The molecule has 1 aliphatic heterocycles. The minimum absolute atomic E-state index is 0.0761. The van der Waals surface area contributed by atoms with E-state index in [-0.39, 0.29) is 28.6 Å². The SMILES string of the molecule is CCOC(=O)[C@H](C)N1C(=O)S/C(=C/c2ccc(O)cc2O)C1=O. The van der Waals surface area contributed by atoms with Crippen LogP contribution < -0.4 is 0 Å². The van der Waals surface area contributed by atoms with E-state index in [4.69, 9.17) is 4.74 Å². The van der Waals surface area contributed by atoms with Gasteiger partial charge in [0.05, 0.1) is 11.5 Å². The minimum Gasteiger partial charge on any atom is -0.508 e. The van der Waals surface area contributed by atoms with E-state index in [2.05, 4.69) is 0 Å². The van der Waals surface area contributed by atoms with Gasteiger partial charge in [-0.25, -0.2) is 4.79 Å². The van der Waals surface area contributed by atoms with Crippen molar-refractivity contribution < 1.29 is 29.3 Å². The van der Waals surface area contributed by atoms with Crippen LogP contribution in [0.2, 0.25) is 0 Å². The summed E-state index contributed by atoms with van der Waals surface area (Å²) in [5.41, 5.74) is 0.275. The molecule has 1 heterocycles. The predicted molar refractivity (Wildman–Crippen MR) is 83.7 cm³/mol. The Balaban J connectivity index is 2.27.